The van der Waals surface area contributed by atoms with E-state index in [-0.39, 0.29) is 24.1 Å². The Hall–Kier alpha value is -1.13. The van der Waals surface area contributed by atoms with Gasteiger partial charge >= 0.3 is 0 Å². The Balaban J connectivity index is 1.68. The molecule has 104 valence electrons. The van der Waals surface area contributed by atoms with E-state index in [1.165, 1.54) is 18.6 Å². The molecule has 0 radical (unpaired) electrons. The van der Waals surface area contributed by atoms with Crippen LogP contribution in [0.15, 0.2) is 18.2 Å². The summed E-state index contributed by atoms with van der Waals surface area (Å²) in [6.07, 6.45) is 5.25. The van der Waals surface area contributed by atoms with E-state index < -0.39 is 0 Å². The lowest BCUT2D eigenvalue weighted by molar-refractivity contribution is -0.153. The molecule has 0 bridgehead atoms. The first kappa shape index (κ1) is 12.9. The molecule has 3 rings (SSSR count). The molecule has 1 aliphatic heterocycles. The molecule has 3 nitrogen and oxygen atoms in total. The quantitative estimate of drug-likeness (QED) is 0.914. The van der Waals surface area contributed by atoms with Crippen LogP contribution >= 0.6 is 0 Å². The third kappa shape index (κ3) is 2.74. The minimum atomic E-state index is -0.369. The Morgan fingerprint density at radius 2 is 2.21 bits per heavy atom. The lowest BCUT2D eigenvalue weighted by Crippen LogP contribution is -2.48. The molecule has 1 N–H and O–H groups in total. The largest absolute Gasteiger partial charge is 0.490 e. The summed E-state index contributed by atoms with van der Waals surface area (Å²) in [5.41, 5.74) is 0.566. The van der Waals surface area contributed by atoms with Crippen molar-refractivity contribution in [2.75, 3.05) is 6.61 Å². The van der Waals surface area contributed by atoms with Crippen LogP contribution in [0.5, 0.6) is 5.75 Å². The molecule has 1 aliphatic carbocycles. The van der Waals surface area contributed by atoms with Crippen LogP contribution in [0.3, 0.4) is 0 Å². The van der Waals surface area contributed by atoms with Gasteiger partial charge in [-0.3, -0.25) is 0 Å². The summed E-state index contributed by atoms with van der Waals surface area (Å²) >= 11 is 0. The van der Waals surface area contributed by atoms with Crippen molar-refractivity contribution in [1.29, 1.82) is 0 Å². The van der Waals surface area contributed by atoms with Gasteiger partial charge in [-0.2, -0.15) is 0 Å². The van der Waals surface area contributed by atoms with Gasteiger partial charge in [-0.15, -0.1) is 0 Å². The molecule has 4 heteroatoms. The first-order valence-corrected chi connectivity index (χ1v) is 6.90. The number of hydrogen-bond donors (Lipinski definition) is 1. The Labute approximate surface area is 112 Å². The molecule has 19 heavy (non-hydrogen) atoms. The van der Waals surface area contributed by atoms with Gasteiger partial charge in [0.2, 0.25) is 0 Å². The maximum Gasteiger partial charge on any atom is 0.127 e. The lowest BCUT2D eigenvalue weighted by Gasteiger charge is -2.46. The van der Waals surface area contributed by atoms with Crippen LogP contribution in [-0.2, 0) is 11.3 Å². The van der Waals surface area contributed by atoms with E-state index in [1.54, 1.807) is 6.07 Å². The predicted molar refractivity (Wildman–Crippen MR) is 68.5 cm³/mol. The summed E-state index contributed by atoms with van der Waals surface area (Å²) in [7, 11) is 0. The molecule has 2 aliphatic rings. The van der Waals surface area contributed by atoms with E-state index in [4.69, 9.17) is 14.6 Å². The van der Waals surface area contributed by atoms with E-state index in [0.29, 0.717) is 17.9 Å². The van der Waals surface area contributed by atoms with Crippen molar-refractivity contribution >= 4 is 0 Å². The molecule has 1 aromatic carbocycles. The highest BCUT2D eigenvalue weighted by molar-refractivity contribution is 5.29. The van der Waals surface area contributed by atoms with E-state index in [9.17, 15) is 4.39 Å². The summed E-state index contributed by atoms with van der Waals surface area (Å²) in [5.74, 6) is 0.136. The topological polar surface area (TPSA) is 38.7 Å². The zero-order valence-electron chi connectivity index (χ0n) is 10.9. The van der Waals surface area contributed by atoms with Crippen LogP contribution in [0.1, 0.15) is 37.7 Å². The molecule has 1 unspecified atom stereocenters. The standard InChI is InChI=1S/C15H19FO3/c16-12-6-11(10-17)7-14(8-12)19-13-2-5-18-15(9-13)3-1-4-15/h6-8,13,17H,1-5,9-10H2. The van der Waals surface area contributed by atoms with Crippen molar-refractivity contribution in [3.05, 3.63) is 29.6 Å². The first-order chi connectivity index (χ1) is 9.19. The van der Waals surface area contributed by atoms with Crippen LogP contribution in [0, 0.1) is 5.82 Å². The molecular formula is C15H19FO3. The van der Waals surface area contributed by atoms with Gasteiger partial charge in [-0.05, 0) is 37.0 Å². The SMILES string of the molecule is OCc1cc(F)cc(OC2CCOC3(CCC3)C2)c1. The maximum absolute atomic E-state index is 13.4. The second-order valence-corrected chi connectivity index (χ2v) is 5.57. The number of ether oxygens (including phenoxy) is 2. The van der Waals surface area contributed by atoms with E-state index in [1.807, 2.05) is 0 Å². The summed E-state index contributed by atoms with van der Waals surface area (Å²) in [4.78, 5) is 0. The molecule has 1 atom stereocenters. The Bertz CT molecular complexity index is 457. The second kappa shape index (κ2) is 5.10. The molecule has 1 heterocycles. The Kier molecular flexibility index (Phi) is 3.46. The smallest absolute Gasteiger partial charge is 0.127 e. The highest BCUT2D eigenvalue weighted by atomic mass is 19.1. The molecule has 1 saturated heterocycles. The summed E-state index contributed by atoms with van der Waals surface area (Å²) in [6, 6.07) is 4.40. The minimum Gasteiger partial charge on any atom is -0.490 e. The van der Waals surface area contributed by atoms with Gasteiger partial charge in [0.1, 0.15) is 17.7 Å². The maximum atomic E-state index is 13.4. The van der Waals surface area contributed by atoms with E-state index >= 15 is 0 Å². The van der Waals surface area contributed by atoms with Crippen LogP contribution in [0.2, 0.25) is 0 Å². The molecule has 1 aromatic rings. The molecular weight excluding hydrogens is 247 g/mol. The molecule has 1 saturated carbocycles. The third-order valence-corrected chi connectivity index (χ3v) is 4.13. The van der Waals surface area contributed by atoms with Crippen molar-refractivity contribution in [3.8, 4) is 5.75 Å². The predicted octanol–water partition coefficient (Wildman–Crippen LogP) is 2.80. The average Bonchev–Trinajstić information content (AvgIpc) is 2.36. The molecule has 2 fully saturated rings. The van der Waals surface area contributed by atoms with Gasteiger partial charge in [0.25, 0.3) is 0 Å². The van der Waals surface area contributed by atoms with Gasteiger partial charge in [0.05, 0.1) is 18.8 Å². The Morgan fingerprint density at radius 3 is 2.89 bits per heavy atom. The fourth-order valence-electron chi connectivity index (χ4n) is 2.98. The molecule has 0 aromatic heterocycles. The van der Waals surface area contributed by atoms with Gasteiger partial charge in [-0.1, -0.05) is 0 Å². The van der Waals surface area contributed by atoms with Crippen molar-refractivity contribution in [2.24, 2.45) is 0 Å². The Morgan fingerprint density at radius 1 is 1.37 bits per heavy atom. The highest BCUT2D eigenvalue weighted by Crippen LogP contribution is 2.43. The van der Waals surface area contributed by atoms with Gasteiger partial charge in [0, 0.05) is 18.9 Å². The van der Waals surface area contributed by atoms with E-state index in [2.05, 4.69) is 0 Å². The third-order valence-electron chi connectivity index (χ3n) is 4.13. The summed E-state index contributed by atoms with van der Waals surface area (Å²) in [6.45, 7) is 0.540. The summed E-state index contributed by atoms with van der Waals surface area (Å²) < 4.78 is 25.1. The minimum absolute atomic E-state index is 0.0239. The van der Waals surface area contributed by atoms with Gasteiger partial charge in [0.15, 0.2) is 0 Å². The van der Waals surface area contributed by atoms with Crippen molar-refractivity contribution in [3.63, 3.8) is 0 Å². The fourth-order valence-corrected chi connectivity index (χ4v) is 2.98. The highest BCUT2D eigenvalue weighted by Gasteiger charge is 2.43. The fraction of sp³-hybridized carbons (Fsp3) is 0.600. The number of benzene rings is 1. The van der Waals surface area contributed by atoms with Gasteiger partial charge in [-0.25, -0.2) is 4.39 Å². The number of aliphatic hydroxyl groups excluding tert-OH is 1. The number of hydrogen-bond acceptors (Lipinski definition) is 3. The zero-order valence-corrected chi connectivity index (χ0v) is 10.9. The van der Waals surface area contributed by atoms with Crippen LogP contribution in [0.25, 0.3) is 0 Å². The van der Waals surface area contributed by atoms with Gasteiger partial charge < -0.3 is 14.6 Å². The monoisotopic (exact) mass is 266 g/mol. The average molecular weight is 266 g/mol. The van der Waals surface area contributed by atoms with Crippen LogP contribution < -0.4 is 4.74 Å². The van der Waals surface area contributed by atoms with Crippen molar-refractivity contribution in [2.45, 2.75) is 50.4 Å². The molecule has 0 amide bonds. The summed E-state index contributed by atoms with van der Waals surface area (Å²) in [5, 5.41) is 9.08. The van der Waals surface area contributed by atoms with Crippen LogP contribution in [-0.4, -0.2) is 23.4 Å². The van der Waals surface area contributed by atoms with Crippen molar-refractivity contribution < 1.29 is 19.0 Å². The zero-order chi connectivity index (χ0) is 13.3. The molecule has 1 spiro atoms. The second-order valence-electron chi connectivity index (χ2n) is 5.57. The first-order valence-electron chi connectivity index (χ1n) is 6.90. The number of rotatable bonds is 3. The number of halogens is 1. The van der Waals surface area contributed by atoms with E-state index in [0.717, 1.165) is 25.7 Å². The van der Waals surface area contributed by atoms with Crippen LogP contribution in [0.4, 0.5) is 4.39 Å². The lowest BCUT2D eigenvalue weighted by atomic mass is 9.74. The van der Waals surface area contributed by atoms with Crippen molar-refractivity contribution in [1.82, 2.24) is 0 Å². The number of aliphatic hydroxyl groups is 1. The normalized spacial score (nSPS) is 25.1.